The monoisotopic (exact) mass is 326 g/mol. The third kappa shape index (κ3) is 4.67. The standard InChI is InChI=1S/C18H18N2O4/c1-12(20-18(22)23)17(21)16(19)14-7-9-15(10-8-14)24-11-13-5-3-2-4-6-13/h2-10,12,19-20H,11H2,1H3,(H,22,23). The first-order valence-corrected chi connectivity index (χ1v) is 7.36. The molecular formula is C18H18N2O4. The van der Waals surface area contributed by atoms with Crippen molar-refractivity contribution in [1.82, 2.24) is 5.32 Å². The number of carboxylic acid groups (broad SMARTS) is 1. The highest BCUT2D eigenvalue weighted by Crippen LogP contribution is 2.15. The lowest BCUT2D eigenvalue weighted by Crippen LogP contribution is -2.41. The van der Waals surface area contributed by atoms with Crippen LogP contribution in [-0.2, 0) is 11.4 Å². The zero-order valence-electron chi connectivity index (χ0n) is 13.2. The third-order valence-corrected chi connectivity index (χ3v) is 3.37. The van der Waals surface area contributed by atoms with E-state index >= 15 is 0 Å². The van der Waals surface area contributed by atoms with E-state index in [-0.39, 0.29) is 5.71 Å². The molecule has 1 atom stereocenters. The molecule has 0 aromatic heterocycles. The number of nitrogens with one attached hydrogen (secondary N) is 2. The summed E-state index contributed by atoms with van der Waals surface area (Å²) in [6, 6.07) is 15.3. The van der Waals surface area contributed by atoms with Crippen molar-refractivity contribution in [3.63, 3.8) is 0 Å². The van der Waals surface area contributed by atoms with Crippen LogP contribution in [0.1, 0.15) is 18.1 Å². The first-order chi connectivity index (χ1) is 11.5. The largest absolute Gasteiger partial charge is 0.489 e. The number of hydrogen-bond acceptors (Lipinski definition) is 4. The molecule has 24 heavy (non-hydrogen) atoms. The van der Waals surface area contributed by atoms with Gasteiger partial charge in [0.25, 0.3) is 0 Å². The van der Waals surface area contributed by atoms with Crippen LogP contribution in [0.3, 0.4) is 0 Å². The molecule has 3 N–H and O–H groups in total. The number of benzene rings is 2. The number of amides is 1. The molecule has 1 unspecified atom stereocenters. The van der Waals surface area contributed by atoms with Crippen LogP contribution in [-0.4, -0.2) is 28.7 Å². The zero-order valence-corrected chi connectivity index (χ0v) is 13.2. The van der Waals surface area contributed by atoms with E-state index in [1.54, 1.807) is 24.3 Å². The molecule has 0 heterocycles. The average Bonchev–Trinajstić information content (AvgIpc) is 2.59. The van der Waals surface area contributed by atoms with Gasteiger partial charge in [-0.1, -0.05) is 30.3 Å². The molecule has 124 valence electrons. The molecule has 6 nitrogen and oxygen atoms in total. The van der Waals surface area contributed by atoms with Crippen LogP contribution in [0.15, 0.2) is 54.6 Å². The fourth-order valence-corrected chi connectivity index (χ4v) is 2.07. The van der Waals surface area contributed by atoms with E-state index in [2.05, 4.69) is 0 Å². The average molecular weight is 326 g/mol. The van der Waals surface area contributed by atoms with Crippen molar-refractivity contribution in [3.8, 4) is 5.75 Å². The maximum absolute atomic E-state index is 12.0. The van der Waals surface area contributed by atoms with E-state index in [0.717, 1.165) is 5.56 Å². The van der Waals surface area contributed by atoms with Gasteiger partial charge in [-0.05, 0) is 36.8 Å². The Hall–Kier alpha value is -3.15. The fourth-order valence-electron chi connectivity index (χ4n) is 2.07. The van der Waals surface area contributed by atoms with Gasteiger partial charge in [0.2, 0.25) is 5.78 Å². The normalized spacial score (nSPS) is 11.4. The summed E-state index contributed by atoms with van der Waals surface area (Å²) in [7, 11) is 0. The van der Waals surface area contributed by atoms with Crippen molar-refractivity contribution < 1.29 is 19.4 Å². The molecule has 2 aromatic rings. The Balaban J connectivity index is 1.97. The van der Waals surface area contributed by atoms with Gasteiger partial charge >= 0.3 is 6.09 Å². The van der Waals surface area contributed by atoms with Gasteiger partial charge in [-0.2, -0.15) is 0 Å². The number of Topliss-reactive ketones (excluding diaryl/α,β-unsaturated/α-hetero) is 1. The number of carbonyl (C=O) groups excluding carboxylic acids is 1. The smallest absolute Gasteiger partial charge is 0.405 e. The van der Waals surface area contributed by atoms with E-state index in [1.807, 2.05) is 35.6 Å². The predicted octanol–water partition coefficient (Wildman–Crippen LogP) is 2.86. The van der Waals surface area contributed by atoms with Gasteiger partial charge in [-0.15, -0.1) is 0 Å². The van der Waals surface area contributed by atoms with Crippen LogP contribution in [0, 0.1) is 5.41 Å². The second-order valence-electron chi connectivity index (χ2n) is 5.21. The molecule has 0 aliphatic rings. The Morgan fingerprint density at radius 3 is 2.33 bits per heavy atom. The molecule has 6 heteroatoms. The highest BCUT2D eigenvalue weighted by molar-refractivity contribution is 6.46. The first-order valence-electron chi connectivity index (χ1n) is 7.36. The molecule has 0 bridgehead atoms. The quantitative estimate of drug-likeness (QED) is 0.681. The SMILES string of the molecule is CC(NC(=O)O)C(=O)C(=N)c1ccc(OCc2ccccc2)cc1. The summed E-state index contributed by atoms with van der Waals surface area (Å²) in [6.45, 7) is 1.83. The number of rotatable bonds is 7. The van der Waals surface area contributed by atoms with Crippen LogP contribution in [0.4, 0.5) is 4.79 Å². The van der Waals surface area contributed by atoms with Crippen molar-refractivity contribution in [2.75, 3.05) is 0 Å². The zero-order chi connectivity index (χ0) is 17.5. The number of ketones is 1. The predicted molar refractivity (Wildman–Crippen MR) is 89.7 cm³/mol. The minimum Gasteiger partial charge on any atom is -0.489 e. The number of hydrogen-bond donors (Lipinski definition) is 3. The molecule has 0 spiro atoms. The lowest BCUT2D eigenvalue weighted by Gasteiger charge is -2.12. The molecule has 0 saturated carbocycles. The van der Waals surface area contributed by atoms with Crippen molar-refractivity contribution in [2.24, 2.45) is 0 Å². The van der Waals surface area contributed by atoms with Crippen molar-refractivity contribution in [1.29, 1.82) is 5.41 Å². The van der Waals surface area contributed by atoms with Gasteiger partial charge in [0.1, 0.15) is 18.1 Å². The molecule has 1 amide bonds. The molecule has 0 fully saturated rings. The first kappa shape index (κ1) is 17.2. The fraction of sp³-hybridized carbons (Fsp3) is 0.167. The Morgan fingerprint density at radius 2 is 1.75 bits per heavy atom. The Morgan fingerprint density at radius 1 is 1.12 bits per heavy atom. The summed E-state index contributed by atoms with van der Waals surface area (Å²) in [5.74, 6) is 0.0370. The van der Waals surface area contributed by atoms with Gasteiger partial charge in [-0.25, -0.2) is 4.79 Å². The molecule has 0 aliphatic heterocycles. The summed E-state index contributed by atoms with van der Waals surface area (Å²) in [4.78, 5) is 22.5. The Labute approximate surface area is 139 Å². The van der Waals surface area contributed by atoms with E-state index in [0.29, 0.717) is 17.9 Å². The molecule has 0 saturated heterocycles. The summed E-state index contributed by atoms with van der Waals surface area (Å²) < 4.78 is 5.64. The van der Waals surface area contributed by atoms with E-state index in [9.17, 15) is 9.59 Å². The maximum atomic E-state index is 12.0. The van der Waals surface area contributed by atoms with Crippen molar-refractivity contribution in [3.05, 3.63) is 65.7 Å². The highest BCUT2D eigenvalue weighted by atomic mass is 16.5. The van der Waals surface area contributed by atoms with E-state index in [1.165, 1.54) is 6.92 Å². The summed E-state index contributed by atoms with van der Waals surface area (Å²) in [5, 5.41) is 18.6. The molecular weight excluding hydrogens is 308 g/mol. The minimum atomic E-state index is -1.30. The van der Waals surface area contributed by atoms with Crippen LogP contribution in [0.25, 0.3) is 0 Å². The number of carbonyl (C=O) groups is 2. The van der Waals surface area contributed by atoms with Gasteiger partial charge in [-0.3, -0.25) is 10.2 Å². The van der Waals surface area contributed by atoms with Crippen LogP contribution >= 0.6 is 0 Å². The van der Waals surface area contributed by atoms with Gasteiger partial charge < -0.3 is 15.2 Å². The van der Waals surface area contributed by atoms with Crippen molar-refractivity contribution >= 4 is 17.6 Å². The van der Waals surface area contributed by atoms with Gasteiger partial charge in [0, 0.05) is 5.56 Å². The van der Waals surface area contributed by atoms with Crippen LogP contribution in [0.5, 0.6) is 5.75 Å². The summed E-state index contributed by atoms with van der Waals surface area (Å²) in [6.07, 6.45) is -1.30. The Kier molecular flexibility index (Phi) is 5.68. The molecule has 2 rings (SSSR count). The Bertz CT molecular complexity index is 726. The number of ether oxygens (including phenoxy) is 1. The van der Waals surface area contributed by atoms with E-state index in [4.69, 9.17) is 15.3 Å². The second-order valence-corrected chi connectivity index (χ2v) is 5.21. The molecule has 0 radical (unpaired) electrons. The lowest BCUT2D eigenvalue weighted by molar-refractivity contribution is -0.114. The highest BCUT2D eigenvalue weighted by Gasteiger charge is 2.20. The van der Waals surface area contributed by atoms with Crippen molar-refractivity contribution in [2.45, 2.75) is 19.6 Å². The second kappa shape index (κ2) is 7.92. The third-order valence-electron chi connectivity index (χ3n) is 3.37. The topological polar surface area (TPSA) is 99.5 Å². The summed E-state index contributed by atoms with van der Waals surface area (Å²) >= 11 is 0. The summed E-state index contributed by atoms with van der Waals surface area (Å²) in [5.41, 5.74) is 1.20. The minimum absolute atomic E-state index is 0.245. The maximum Gasteiger partial charge on any atom is 0.405 e. The lowest BCUT2D eigenvalue weighted by atomic mass is 10.0. The van der Waals surface area contributed by atoms with Crippen LogP contribution in [0.2, 0.25) is 0 Å². The van der Waals surface area contributed by atoms with E-state index < -0.39 is 17.9 Å². The van der Waals surface area contributed by atoms with Gasteiger partial charge in [0.15, 0.2) is 0 Å². The van der Waals surface area contributed by atoms with Gasteiger partial charge in [0.05, 0.1) is 6.04 Å². The molecule has 2 aromatic carbocycles. The molecule has 0 aliphatic carbocycles. The van der Waals surface area contributed by atoms with Crippen LogP contribution < -0.4 is 10.1 Å².